The van der Waals surface area contributed by atoms with Crippen molar-refractivity contribution in [2.45, 2.75) is 38.9 Å². The van der Waals surface area contributed by atoms with Gasteiger partial charge in [0.1, 0.15) is 11.6 Å². The van der Waals surface area contributed by atoms with Gasteiger partial charge in [-0.1, -0.05) is 30.3 Å². The summed E-state index contributed by atoms with van der Waals surface area (Å²) in [5, 5.41) is 2.80. The second kappa shape index (κ2) is 6.99. The van der Waals surface area contributed by atoms with Gasteiger partial charge < -0.3 is 10.2 Å². The first-order valence-corrected chi connectivity index (χ1v) is 8.07. The normalized spacial score (nSPS) is 13.6. The number of nitrogens with zero attached hydrogens (tertiary/aromatic N) is 1. The van der Waals surface area contributed by atoms with Gasteiger partial charge in [0.05, 0.1) is 6.54 Å². The number of nitrogens with one attached hydrogen (secondary N) is 1. The van der Waals surface area contributed by atoms with Crippen molar-refractivity contribution in [3.63, 3.8) is 0 Å². The van der Waals surface area contributed by atoms with Crippen LogP contribution in [0.5, 0.6) is 0 Å². The average molecular weight is 330 g/mol. The molecule has 0 heterocycles. The van der Waals surface area contributed by atoms with Gasteiger partial charge in [-0.05, 0) is 43.0 Å². The second-order valence-electron chi connectivity index (χ2n) is 6.19. The zero-order valence-electron chi connectivity index (χ0n) is 13.6. The molecule has 0 atom stereocenters. The van der Waals surface area contributed by atoms with Crippen molar-refractivity contribution in [3.05, 3.63) is 70.8 Å². The van der Waals surface area contributed by atoms with Crippen molar-refractivity contribution in [3.8, 4) is 0 Å². The number of halogens is 2. The van der Waals surface area contributed by atoms with Crippen LogP contribution in [0, 0.1) is 18.6 Å². The molecule has 1 fully saturated rings. The van der Waals surface area contributed by atoms with Crippen molar-refractivity contribution in [1.29, 1.82) is 0 Å². The van der Waals surface area contributed by atoms with E-state index in [9.17, 15) is 13.6 Å². The molecule has 1 aliphatic carbocycles. The summed E-state index contributed by atoms with van der Waals surface area (Å²) in [7, 11) is 0. The van der Waals surface area contributed by atoms with E-state index in [2.05, 4.69) is 5.32 Å². The predicted molar refractivity (Wildman–Crippen MR) is 88.3 cm³/mol. The fraction of sp³-hybridized carbons (Fsp3) is 0.316. The summed E-state index contributed by atoms with van der Waals surface area (Å²) in [6.45, 7) is 2.18. The lowest BCUT2D eigenvalue weighted by molar-refractivity contribution is 0.191. The van der Waals surface area contributed by atoms with Crippen LogP contribution < -0.4 is 5.32 Å². The van der Waals surface area contributed by atoms with Crippen LogP contribution in [-0.4, -0.2) is 17.0 Å². The van der Waals surface area contributed by atoms with Gasteiger partial charge in [-0.3, -0.25) is 0 Å². The molecule has 24 heavy (non-hydrogen) atoms. The Morgan fingerprint density at radius 2 is 1.92 bits per heavy atom. The van der Waals surface area contributed by atoms with E-state index in [1.807, 2.05) is 0 Å². The molecule has 3 rings (SSSR count). The van der Waals surface area contributed by atoms with Crippen LogP contribution in [0.1, 0.15) is 29.5 Å². The molecule has 2 amide bonds. The number of aryl methyl sites for hydroxylation is 1. The first-order chi connectivity index (χ1) is 11.5. The summed E-state index contributed by atoms with van der Waals surface area (Å²) in [6.07, 6.45) is 1.86. The smallest absolute Gasteiger partial charge is 0.318 e. The molecule has 0 bridgehead atoms. The molecule has 1 aliphatic rings. The Kier molecular flexibility index (Phi) is 4.79. The fourth-order valence-corrected chi connectivity index (χ4v) is 2.59. The Balaban J connectivity index is 1.64. The van der Waals surface area contributed by atoms with Crippen molar-refractivity contribution < 1.29 is 13.6 Å². The fourth-order valence-electron chi connectivity index (χ4n) is 2.59. The van der Waals surface area contributed by atoms with Gasteiger partial charge in [-0.15, -0.1) is 0 Å². The molecule has 2 aromatic carbocycles. The highest BCUT2D eigenvalue weighted by molar-refractivity contribution is 5.75. The van der Waals surface area contributed by atoms with Gasteiger partial charge in [0, 0.05) is 18.2 Å². The number of amides is 2. The molecular weight excluding hydrogens is 310 g/mol. The topological polar surface area (TPSA) is 32.3 Å². The van der Waals surface area contributed by atoms with E-state index in [4.69, 9.17) is 0 Å². The highest BCUT2D eigenvalue weighted by Crippen LogP contribution is 2.28. The van der Waals surface area contributed by atoms with Gasteiger partial charge in [-0.25, -0.2) is 13.6 Å². The molecule has 0 spiro atoms. The Morgan fingerprint density at radius 3 is 2.58 bits per heavy atom. The number of carbonyl (C=O) groups is 1. The van der Waals surface area contributed by atoms with Crippen molar-refractivity contribution in [1.82, 2.24) is 10.2 Å². The predicted octanol–water partition coefficient (Wildman–Crippen LogP) is 4.15. The van der Waals surface area contributed by atoms with Crippen LogP contribution >= 0.6 is 0 Å². The molecule has 0 saturated heterocycles. The number of rotatable bonds is 5. The van der Waals surface area contributed by atoms with Crippen LogP contribution in [0.4, 0.5) is 13.6 Å². The summed E-state index contributed by atoms with van der Waals surface area (Å²) < 4.78 is 27.4. The quantitative estimate of drug-likeness (QED) is 0.878. The van der Waals surface area contributed by atoms with Crippen molar-refractivity contribution in [2.75, 3.05) is 0 Å². The molecule has 1 N–H and O–H groups in total. The Bertz CT molecular complexity index is 744. The van der Waals surface area contributed by atoms with E-state index in [-0.39, 0.29) is 36.8 Å². The molecular formula is C19H20F2N2O. The maximum atomic E-state index is 13.8. The van der Waals surface area contributed by atoms with Gasteiger partial charge in [0.25, 0.3) is 0 Å². The monoisotopic (exact) mass is 330 g/mol. The first kappa shape index (κ1) is 16.4. The summed E-state index contributed by atoms with van der Waals surface area (Å²) >= 11 is 0. The lowest BCUT2D eigenvalue weighted by Gasteiger charge is -2.23. The summed E-state index contributed by atoms with van der Waals surface area (Å²) in [6, 6.07) is 11.3. The highest BCUT2D eigenvalue weighted by Gasteiger charge is 2.32. The van der Waals surface area contributed by atoms with Crippen LogP contribution in [0.25, 0.3) is 0 Å². The first-order valence-electron chi connectivity index (χ1n) is 8.07. The van der Waals surface area contributed by atoms with Gasteiger partial charge in [-0.2, -0.15) is 0 Å². The van der Waals surface area contributed by atoms with E-state index in [0.29, 0.717) is 16.7 Å². The third-order valence-corrected chi connectivity index (χ3v) is 4.23. The van der Waals surface area contributed by atoms with Crippen molar-refractivity contribution in [2.24, 2.45) is 0 Å². The zero-order valence-corrected chi connectivity index (χ0v) is 13.6. The Labute approximate surface area is 140 Å². The minimum absolute atomic E-state index is 0.152. The van der Waals surface area contributed by atoms with Crippen molar-refractivity contribution >= 4 is 6.03 Å². The van der Waals surface area contributed by atoms with Gasteiger partial charge in [0.15, 0.2) is 0 Å². The van der Waals surface area contributed by atoms with Crippen LogP contribution in [-0.2, 0) is 13.1 Å². The Morgan fingerprint density at radius 1 is 1.17 bits per heavy atom. The van der Waals surface area contributed by atoms with Crippen LogP contribution in [0.3, 0.4) is 0 Å². The summed E-state index contributed by atoms with van der Waals surface area (Å²) in [5.41, 5.74) is 1.78. The van der Waals surface area contributed by atoms with E-state index in [1.165, 1.54) is 12.1 Å². The summed E-state index contributed by atoms with van der Waals surface area (Å²) in [4.78, 5) is 14.1. The van der Waals surface area contributed by atoms with E-state index in [0.717, 1.165) is 12.8 Å². The lowest BCUT2D eigenvalue weighted by Crippen LogP contribution is -2.40. The van der Waals surface area contributed by atoms with E-state index < -0.39 is 0 Å². The largest absolute Gasteiger partial charge is 0.334 e. The SMILES string of the molecule is Cc1ccc(CNC(=O)N(Cc2ccccc2F)C2CC2)cc1F. The minimum Gasteiger partial charge on any atom is -0.334 e. The Hall–Kier alpha value is -2.43. The molecule has 0 aliphatic heterocycles. The third kappa shape index (κ3) is 3.91. The van der Waals surface area contributed by atoms with E-state index >= 15 is 0 Å². The second-order valence-corrected chi connectivity index (χ2v) is 6.19. The van der Waals surface area contributed by atoms with E-state index in [1.54, 1.807) is 42.2 Å². The molecule has 5 heteroatoms. The maximum Gasteiger partial charge on any atom is 0.318 e. The molecule has 1 saturated carbocycles. The standard InChI is InChI=1S/C19H20F2N2O/c1-13-6-7-14(10-18(13)21)11-22-19(24)23(16-8-9-16)12-15-4-2-3-5-17(15)20/h2-7,10,16H,8-9,11-12H2,1H3,(H,22,24). The highest BCUT2D eigenvalue weighted by atomic mass is 19.1. The average Bonchev–Trinajstić information content (AvgIpc) is 3.40. The number of urea groups is 1. The molecule has 126 valence electrons. The zero-order chi connectivity index (χ0) is 17.1. The molecule has 0 unspecified atom stereocenters. The number of benzene rings is 2. The summed E-state index contributed by atoms with van der Waals surface area (Å²) in [5.74, 6) is -0.594. The van der Waals surface area contributed by atoms with Gasteiger partial charge in [0.2, 0.25) is 0 Å². The molecule has 3 nitrogen and oxygen atoms in total. The van der Waals surface area contributed by atoms with Crippen LogP contribution in [0.15, 0.2) is 42.5 Å². The molecule has 0 radical (unpaired) electrons. The lowest BCUT2D eigenvalue weighted by atomic mass is 10.1. The number of hydrogen-bond acceptors (Lipinski definition) is 1. The minimum atomic E-state index is -0.309. The maximum absolute atomic E-state index is 13.8. The number of carbonyl (C=O) groups excluding carboxylic acids is 1. The third-order valence-electron chi connectivity index (χ3n) is 4.23. The number of hydrogen-bond donors (Lipinski definition) is 1. The van der Waals surface area contributed by atoms with Crippen LogP contribution in [0.2, 0.25) is 0 Å². The molecule has 2 aromatic rings. The van der Waals surface area contributed by atoms with Gasteiger partial charge >= 0.3 is 6.03 Å². The molecule has 0 aromatic heterocycles.